The van der Waals surface area contributed by atoms with Gasteiger partial charge in [-0.05, 0) is 34.7 Å². The number of benzene rings is 1. The summed E-state index contributed by atoms with van der Waals surface area (Å²) < 4.78 is -0.00222. The maximum Gasteiger partial charge on any atom is 0.322 e. The molecule has 0 spiro atoms. The van der Waals surface area contributed by atoms with Gasteiger partial charge in [-0.3, -0.25) is 9.59 Å². The zero-order chi connectivity index (χ0) is 15.2. The van der Waals surface area contributed by atoms with Gasteiger partial charge < -0.3 is 15.7 Å². The van der Waals surface area contributed by atoms with Crippen molar-refractivity contribution >= 4 is 58.0 Å². The molecular formula is C13H13IN2O3S2. The minimum absolute atomic E-state index is 0.0691. The van der Waals surface area contributed by atoms with E-state index in [9.17, 15) is 14.7 Å². The van der Waals surface area contributed by atoms with E-state index in [-0.39, 0.29) is 17.8 Å². The molecule has 3 atom stereocenters. The molecule has 112 valence electrons. The van der Waals surface area contributed by atoms with Crippen molar-refractivity contribution in [2.24, 2.45) is 5.73 Å². The van der Waals surface area contributed by atoms with E-state index in [1.807, 2.05) is 24.3 Å². The number of nitrogens with zero attached hydrogens (tertiary/aromatic N) is 1. The van der Waals surface area contributed by atoms with Crippen LogP contribution in [0.4, 0.5) is 0 Å². The average molecular weight is 436 g/mol. The molecule has 1 aromatic carbocycles. The summed E-state index contributed by atoms with van der Waals surface area (Å²) in [6.07, 6.45) is 0. The van der Waals surface area contributed by atoms with Crippen molar-refractivity contribution in [1.82, 2.24) is 4.90 Å². The van der Waals surface area contributed by atoms with Crippen LogP contribution in [-0.2, 0) is 9.59 Å². The van der Waals surface area contributed by atoms with Gasteiger partial charge in [0.05, 0.1) is 0 Å². The SMILES string of the molecule is N[C@@H]1C(=O)N2CC(Sc3ccccc3I)(C(=O)O)CS[C@H]12. The Morgan fingerprint density at radius 3 is 2.90 bits per heavy atom. The fourth-order valence-electron chi connectivity index (χ4n) is 2.43. The Labute approximate surface area is 144 Å². The first-order valence-corrected chi connectivity index (χ1v) is 9.24. The molecule has 2 aliphatic rings. The smallest absolute Gasteiger partial charge is 0.322 e. The van der Waals surface area contributed by atoms with Gasteiger partial charge in [0.1, 0.15) is 16.2 Å². The third-order valence-electron chi connectivity index (χ3n) is 3.63. The van der Waals surface area contributed by atoms with Gasteiger partial charge in [0.25, 0.3) is 0 Å². The van der Waals surface area contributed by atoms with Crippen LogP contribution in [0, 0.1) is 3.57 Å². The molecule has 1 unspecified atom stereocenters. The lowest BCUT2D eigenvalue weighted by Gasteiger charge is -2.52. The van der Waals surface area contributed by atoms with Crippen LogP contribution >= 0.6 is 46.1 Å². The third-order valence-corrected chi connectivity index (χ3v) is 8.08. The fourth-order valence-corrected chi connectivity index (χ4v) is 5.94. The molecule has 0 aromatic heterocycles. The number of nitrogens with two attached hydrogens (primary N) is 1. The monoisotopic (exact) mass is 436 g/mol. The van der Waals surface area contributed by atoms with Gasteiger partial charge in [0.15, 0.2) is 0 Å². The van der Waals surface area contributed by atoms with E-state index in [4.69, 9.17) is 5.73 Å². The number of thioether (sulfide) groups is 2. The molecule has 0 saturated carbocycles. The first-order chi connectivity index (χ1) is 9.94. The van der Waals surface area contributed by atoms with E-state index >= 15 is 0 Å². The Kier molecular flexibility index (Phi) is 4.15. The van der Waals surface area contributed by atoms with E-state index in [0.29, 0.717) is 5.75 Å². The average Bonchev–Trinajstić information content (AvgIpc) is 2.48. The van der Waals surface area contributed by atoms with E-state index in [0.717, 1.165) is 8.47 Å². The van der Waals surface area contributed by atoms with Gasteiger partial charge in [-0.2, -0.15) is 0 Å². The summed E-state index contributed by atoms with van der Waals surface area (Å²) in [5.74, 6) is -0.590. The largest absolute Gasteiger partial charge is 0.480 e. The number of carbonyl (C=O) groups is 2. The summed E-state index contributed by atoms with van der Waals surface area (Å²) in [4.78, 5) is 26.2. The lowest BCUT2D eigenvalue weighted by atomic mass is 10.0. The highest BCUT2D eigenvalue weighted by atomic mass is 127. The van der Waals surface area contributed by atoms with Crippen LogP contribution in [-0.4, -0.2) is 50.3 Å². The number of halogens is 1. The van der Waals surface area contributed by atoms with Crippen molar-refractivity contribution in [2.45, 2.75) is 21.1 Å². The molecule has 3 N–H and O–H groups in total. The van der Waals surface area contributed by atoms with Gasteiger partial charge in [0, 0.05) is 20.8 Å². The minimum atomic E-state index is -1.02. The molecule has 2 aliphatic heterocycles. The molecule has 3 rings (SSSR count). The number of aliphatic carboxylic acids is 1. The maximum absolute atomic E-state index is 11.9. The van der Waals surface area contributed by atoms with Gasteiger partial charge in [-0.1, -0.05) is 12.1 Å². The zero-order valence-corrected chi connectivity index (χ0v) is 14.7. The quantitative estimate of drug-likeness (QED) is 0.552. The molecule has 8 heteroatoms. The predicted molar refractivity (Wildman–Crippen MR) is 91.3 cm³/mol. The number of β-lactam (4-membered cyclic amide) rings is 1. The first-order valence-electron chi connectivity index (χ1n) is 6.29. The van der Waals surface area contributed by atoms with Crippen LogP contribution in [0.5, 0.6) is 0 Å². The number of rotatable bonds is 3. The second kappa shape index (κ2) is 5.64. The van der Waals surface area contributed by atoms with Gasteiger partial charge >= 0.3 is 5.97 Å². The van der Waals surface area contributed by atoms with E-state index < -0.39 is 16.8 Å². The Balaban J connectivity index is 1.87. The Morgan fingerprint density at radius 2 is 2.24 bits per heavy atom. The number of amides is 1. The highest BCUT2D eigenvalue weighted by Crippen LogP contribution is 2.46. The van der Waals surface area contributed by atoms with Crippen molar-refractivity contribution in [3.63, 3.8) is 0 Å². The summed E-state index contributed by atoms with van der Waals surface area (Å²) in [6, 6.07) is 7.19. The van der Waals surface area contributed by atoms with E-state index in [1.54, 1.807) is 4.90 Å². The van der Waals surface area contributed by atoms with Crippen LogP contribution in [0.15, 0.2) is 29.2 Å². The normalized spacial score (nSPS) is 31.5. The molecule has 1 amide bonds. The fraction of sp³-hybridized carbons (Fsp3) is 0.385. The number of hydrogen-bond donors (Lipinski definition) is 2. The highest BCUT2D eigenvalue weighted by Gasteiger charge is 2.56. The van der Waals surface area contributed by atoms with Crippen LogP contribution < -0.4 is 5.73 Å². The first kappa shape index (κ1) is 15.4. The molecule has 1 aromatic rings. The molecule has 2 saturated heterocycles. The van der Waals surface area contributed by atoms with Crippen molar-refractivity contribution in [2.75, 3.05) is 12.3 Å². The number of carbonyl (C=O) groups excluding carboxylic acids is 1. The number of fused-ring (bicyclic) bond motifs is 1. The van der Waals surface area contributed by atoms with Gasteiger partial charge in [-0.15, -0.1) is 23.5 Å². The maximum atomic E-state index is 11.9. The van der Waals surface area contributed by atoms with Crippen LogP contribution in [0.25, 0.3) is 0 Å². The van der Waals surface area contributed by atoms with Crippen molar-refractivity contribution in [3.05, 3.63) is 27.8 Å². The van der Waals surface area contributed by atoms with Gasteiger partial charge in [0.2, 0.25) is 5.91 Å². The molecule has 5 nitrogen and oxygen atoms in total. The molecular weight excluding hydrogens is 423 g/mol. The second-order valence-electron chi connectivity index (χ2n) is 5.03. The molecule has 2 heterocycles. The summed E-state index contributed by atoms with van der Waals surface area (Å²) in [5, 5.41) is 9.65. The van der Waals surface area contributed by atoms with Gasteiger partial charge in [-0.25, -0.2) is 0 Å². The topological polar surface area (TPSA) is 83.6 Å². The third kappa shape index (κ3) is 2.55. The van der Waals surface area contributed by atoms with Crippen LogP contribution in [0.3, 0.4) is 0 Å². The standard InChI is InChI=1S/C13H13IN2O3S2/c14-7-3-1-2-4-8(7)21-13(12(18)19)5-16-10(17)9(15)11(16)20-6-13/h1-4,9,11H,5-6,15H2,(H,18,19)/t9-,11-,13?/m1/s1. The molecule has 0 aliphatic carbocycles. The Hall–Kier alpha value is -0.450. The second-order valence-corrected chi connectivity index (χ2v) is 8.72. The van der Waals surface area contributed by atoms with Crippen molar-refractivity contribution in [3.8, 4) is 0 Å². The van der Waals surface area contributed by atoms with E-state index in [2.05, 4.69) is 22.6 Å². The van der Waals surface area contributed by atoms with Crippen LogP contribution in [0.1, 0.15) is 0 Å². The Morgan fingerprint density at radius 1 is 1.52 bits per heavy atom. The lowest BCUT2D eigenvalue weighted by Crippen LogP contribution is -2.73. The zero-order valence-electron chi connectivity index (χ0n) is 10.9. The molecule has 0 bridgehead atoms. The number of carboxylic acids is 1. The summed E-state index contributed by atoms with van der Waals surface area (Å²) in [6.45, 7) is 0.210. The molecule has 0 radical (unpaired) electrons. The summed E-state index contributed by atoms with van der Waals surface area (Å²) in [5.41, 5.74) is 5.75. The Bertz CT molecular complexity index is 615. The lowest BCUT2D eigenvalue weighted by molar-refractivity contribution is -0.148. The van der Waals surface area contributed by atoms with Crippen LogP contribution in [0.2, 0.25) is 0 Å². The number of hydrogen-bond acceptors (Lipinski definition) is 5. The van der Waals surface area contributed by atoms with Crippen molar-refractivity contribution in [1.29, 1.82) is 0 Å². The van der Waals surface area contributed by atoms with E-state index in [1.165, 1.54) is 23.5 Å². The molecule has 21 heavy (non-hydrogen) atoms. The number of carboxylic acid groups (broad SMARTS) is 1. The molecule has 2 fully saturated rings. The highest BCUT2D eigenvalue weighted by molar-refractivity contribution is 14.1. The summed E-state index contributed by atoms with van der Waals surface area (Å²) in [7, 11) is 0. The van der Waals surface area contributed by atoms with Crippen molar-refractivity contribution < 1.29 is 14.7 Å². The predicted octanol–water partition coefficient (Wildman–Crippen LogP) is 1.45. The summed E-state index contributed by atoms with van der Waals surface area (Å²) >= 11 is 4.98. The minimum Gasteiger partial charge on any atom is -0.480 e.